The normalized spacial score (nSPS) is 10.8. The lowest BCUT2D eigenvalue weighted by molar-refractivity contribution is 0.853. The van der Waals surface area contributed by atoms with E-state index in [1.165, 1.54) is 4.57 Å². The molecule has 0 fully saturated rings. The average Bonchev–Trinajstić information content (AvgIpc) is 2.29. The first-order chi connectivity index (χ1) is 5.70. The molecule has 0 saturated heterocycles. The first kappa shape index (κ1) is 8.59. The molecule has 0 aliphatic rings. The number of aromatic nitrogens is 2. The van der Waals surface area contributed by atoms with Gasteiger partial charge < -0.3 is 4.98 Å². The third-order valence-corrected chi connectivity index (χ3v) is 1.71. The maximum atomic E-state index is 11.1. The Hall–Kier alpha value is -1.51. The van der Waals surface area contributed by atoms with Gasteiger partial charge in [-0.3, -0.25) is 4.57 Å². The topological polar surface area (TPSA) is 37.8 Å². The minimum absolute atomic E-state index is 0.113. The lowest BCUT2D eigenvalue weighted by Gasteiger charge is -1.93. The van der Waals surface area contributed by atoms with E-state index in [4.69, 9.17) is 0 Å². The van der Waals surface area contributed by atoms with Crippen molar-refractivity contribution in [3.63, 3.8) is 0 Å². The minimum Gasteiger partial charge on any atom is -0.306 e. The highest BCUT2D eigenvalue weighted by Gasteiger charge is 2.03. The van der Waals surface area contributed by atoms with Crippen LogP contribution in [0.25, 0.3) is 12.2 Å². The van der Waals surface area contributed by atoms with Gasteiger partial charge in [0.1, 0.15) is 0 Å². The fraction of sp³-hybridized carbons (Fsp3) is 0.222. The Morgan fingerprint density at radius 2 is 2.25 bits per heavy atom. The molecule has 0 saturated carbocycles. The fourth-order valence-corrected chi connectivity index (χ4v) is 1.09. The Bertz CT molecular complexity index is 368. The molecule has 0 aliphatic heterocycles. The van der Waals surface area contributed by atoms with Crippen molar-refractivity contribution in [2.45, 2.75) is 6.92 Å². The number of nitrogens with one attached hydrogen (secondary N) is 1. The van der Waals surface area contributed by atoms with Crippen molar-refractivity contribution in [1.29, 1.82) is 0 Å². The zero-order valence-corrected chi connectivity index (χ0v) is 7.29. The number of nitrogens with zero attached hydrogens (tertiary/aromatic N) is 1. The largest absolute Gasteiger partial charge is 0.326 e. The van der Waals surface area contributed by atoms with Crippen LogP contribution in [0.5, 0.6) is 0 Å². The first-order valence-corrected chi connectivity index (χ1v) is 3.74. The number of hydrogen-bond donors (Lipinski definition) is 1. The molecule has 0 unspecified atom stereocenters. The van der Waals surface area contributed by atoms with E-state index in [1.807, 2.05) is 19.1 Å². The number of allylic oxidation sites excluding steroid dienone is 1. The Kier molecular flexibility index (Phi) is 2.33. The van der Waals surface area contributed by atoms with E-state index in [-0.39, 0.29) is 5.69 Å². The Morgan fingerprint density at radius 3 is 2.75 bits per heavy atom. The zero-order valence-electron chi connectivity index (χ0n) is 7.29. The van der Waals surface area contributed by atoms with Crippen molar-refractivity contribution in [3.8, 4) is 0 Å². The van der Waals surface area contributed by atoms with Gasteiger partial charge in [0.2, 0.25) is 0 Å². The molecule has 3 nitrogen and oxygen atoms in total. The Labute approximate surface area is 71.0 Å². The maximum absolute atomic E-state index is 11.1. The second-order valence-corrected chi connectivity index (χ2v) is 2.49. The van der Waals surface area contributed by atoms with Crippen LogP contribution in [0.15, 0.2) is 17.4 Å². The standard InChI is InChI=1S/C9H12N2O/c1-4-6-7-8(5-2)11(3)9(12)10-7/h4-6H,2H2,1,3H3,(H,10,12)/b6-4-. The molecule has 0 aliphatic carbocycles. The van der Waals surface area contributed by atoms with E-state index >= 15 is 0 Å². The molecule has 0 atom stereocenters. The van der Waals surface area contributed by atoms with Crippen LogP contribution >= 0.6 is 0 Å². The molecule has 1 aromatic heterocycles. The third-order valence-electron chi connectivity index (χ3n) is 1.71. The molecule has 0 radical (unpaired) electrons. The van der Waals surface area contributed by atoms with E-state index in [9.17, 15) is 4.79 Å². The van der Waals surface area contributed by atoms with Gasteiger partial charge >= 0.3 is 5.69 Å². The highest BCUT2D eigenvalue weighted by Crippen LogP contribution is 2.05. The molecule has 1 rings (SSSR count). The Balaban J connectivity index is 3.38. The summed E-state index contributed by atoms with van der Waals surface area (Å²) in [6.07, 6.45) is 5.38. The van der Waals surface area contributed by atoms with Crippen LogP contribution in [-0.4, -0.2) is 9.55 Å². The second kappa shape index (κ2) is 3.26. The molecular formula is C9H12N2O. The van der Waals surface area contributed by atoms with Crippen LogP contribution in [0.4, 0.5) is 0 Å². The minimum atomic E-state index is -0.113. The maximum Gasteiger partial charge on any atom is 0.326 e. The summed E-state index contributed by atoms with van der Waals surface area (Å²) in [4.78, 5) is 13.8. The molecule has 1 heterocycles. The predicted octanol–water partition coefficient (Wildman–Crippen LogP) is 1.39. The van der Waals surface area contributed by atoms with Crippen LogP contribution in [0.2, 0.25) is 0 Å². The molecule has 1 N–H and O–H groups in total. The predicted molar refractivity (Wildman–Crippen MR) is 50.8 cm³/mol. The highest BCUT2D eigenvalue weighted by atomic mass is 16.1. The van der Waals surface area contributed by atoms with Gasteiger partial charge in [-0.05, 0) is 19.1 Å². The zero-order chi connectivity index (χ0) is 9.14. The molecule has 3 heteroatoms. The van der Waals surface area contributed by atoms with E-state index < -0.39 is 0 Å². The SMILES string of the molecule is C=Cc1c(/C=C\C)[nH]c(=O)n1C. The Morgan fingerprint density at radius 1 is 1.58 bits per heavy atom. The lowest BCUT2D eigenvalue weighted by Crippen LogP contribution is -2.13. The first-order valence-electron chi connectivity index (χ1n) is 3.74. The summed E-state index contributed by atoms with van der Waals surface area (Å²) in [5.74, 6) is 0. The third kappa shape index (κ3) is 1.25. The fourth-order valence-electron chi connectivity index (χ4n) is 1.09. The molecule has 0 amide bonds. The molecule has 64 valence electrons. The molecular weight excluding hydrogens is 152 g/mol. The van der Waals surface area contributed by atoms with Gasteiger partial charge in [-0.25, -0.2) is 4.79 Å². The monoisotopic (exact) mass is 164 g/mol. The molecule has 0 bridgehead atoms. The molecule has 1 aromatic rings. The molecule has 12 heavy (non-hydrogen) atoms. The number of imidazole rings is 1. The van der Waals surface area contributed by atoms with Crippen LogP contribution < -0.4 is 5.69 Å². The summed E-state index contributed by atoms with van der Waals surface area (Å²) >= 11 is 0. The van der Waals surface area contributed by atoms with Gasteiger partial charge in [0.05, 0.1) is 11.4 Å². The van der Waals surface area contributed by atoms with Crippen LogP contribution in [-0.2, 0) is 7.05 Å². The van der Waals surface area contributed by atoms with Gasteiger partial charge in [0.25, 0.3) is 0 Å². The van der Waals surface area contributed by atoms with Crippen molar-refractivity contribution in [2.75, 3.05) is 0 Å². The summed E-state index contributed by atoms with van der Waals surface area (Å²) in [5, 5.41) is 0. The summed E-state index contributed by atoms with van der Waals surface area (Å²) in [6.45, 7) is 5.54. The molecule has 0 aromatic carbocycles. The van der Waals surface area contributed by atoms with Crippen LogP contribution in [0.3, 0.4) is 0 Å². The molecule has 0 spiro atoms. The summed E-state index contributed by atoms with van der Waals surface area (Å²) in [5.41, 5.74) is 1.51. The van der Waals surface area contributed by atoms with Crippen molar-refractivity contribution in [3.05, 3.63) is 34.5 Å². The second-order valence-electron chi connectivity index (χ2n) is 2.49. The smallest absolute Gasteiger partial charge is 0.306 e. The van der Waals surface area contributed by atoms with Gasteiger partial charge in [-0.2, -0.15) is 0 Å². The van der Waals surface area contributed by atoms with E-state index in [1.54, 1.807) is 13.1 Å². The van der Waals surface area contributed by atoms with Crippen molar-refractivity contribution < 1.29 is 0 Å². The van der Waals surface area contributed by atoms with Gasteiger partial charge in [-0.15, -0.1) is 0 Å². The van der Waals surface area contributed by atoms with Crippen LogP contribution in [0, 0.1) is 0 Å². The highest BCUT2D eigenvalue weighted by molar-refractivity contribution is 5.58. The van der Waals surface area contributed by atoms with Crippen LogP contribution in [0.1, 0.15) is 18.3 Å². The summed E-state index contributed by atoms with van der Waals surface area (Å²) in [6, 6.07) is 0. The summed E-state index contributed by atoms with van der Waals surface area (Å²) < 4.78 is 1.53. The van der Waals surface area contributed by atoms with Gasteiger partial charge in [0.15, 0.2) is 0 Å². The van der Waals surface area contributed by atoms with E-state index in [0.29, 0.717) is 0 Å². The van der Waals surface area contributed by atoms with Crippen molar-refractivity contribution in [1.82, 2.24) is 9.55 Å². The lowest BCUT2D eigenvalue weighted by atomic mass is 10.3. The quantitative estimate of drug-likeness (QED) is 0.704. The van der Waals surface area contributed by atoms with Gasteiger partial charge in [0, 0.05) is 7.05 Å². The number of hydrogen-bond acceptors (Lipinski definition) is 1. The van der Waals surface area contributed by atoms with E-state index in [2.05, 4.69) is 11.6 Å². The number of aromatic amines is 1. The van der Waals surface area contributed by atoms with Crippen molar-refractivity contribution in [2.24, 2.45) is 7.05 Å². The van der Waals surface area contributed by atoms with Gasteiger partial charge in [-0.1, -0.05) is 12.7 Å². The van der Waals surface area contributed by atoms with Crippen molar-refractivity contribution >= 4 is 12.2 Å². The number of H-pyrrole nitrogens is 1. The summed E-state index contributed by atoms with van der Waals surface area (Å²) in [7, 11) is 1.71. The number of rotatable bonds is 2. The average molecular weight is 164 g/mol. The van der Waals surface area contributed by atoms with E-state index in [0.717, 1.165) is 11.4 Å².